The molecule has 1 aromatic rings. The summed E-state index contributed by atoms with van der Waals surface area (Å²) in [5.41, 5.74) is 6.76. The summed E-state index contributed by atoms with van der Waals surface area (Å²) in [5.74, 6) is 0.381. The van der Waals surface area contributed by atoms with E-state index in [0.717, 1.165) is 5.56 Å². The zero-order valence-corrected chi connectivity index (χ0v) is 9.58. The molecule has 0 amide bonds. The van der Waals surface area contributed by atoms with Crippen molar-refractivity contribution in [2.24, 2.45) is 17.6 Å². The molecule has 0 saturated heterocycles. The lowest BCUT2D eigenvalue weighted by Crippen LogP contribution is -2.26. The van der Waals surface area contributed by atoms with Crippen molar-refractivity contribution in [1.29, 1.82) is 5.41 Å². The summed E-state index contributed by atoms with van der Waals surface area (Å²) in [4.78, 5) is 0. The molecule has 2 nitrogen and oxygen atoms in total. The Morgan fingerprint density at radius 1 is 1.12 bits per heavy atom. The van der Waals surface area contributed by atoms with Crippen LogP contribution in [-0.4, -0.2) is 5.84 Å². The molecule has 0 radical (unpaired) electrons. The second-order valence-corrected chi connectivity index (χ2v) is 4.10. The van der Waals surface area contributed by atoms with Crippen molar-refractivity contribution in [2.45, 2.75) is 0 Å². The first-order valence-corrected chi connectivity index (χ1v) is 5.69. The molecular weight excluding hydrogens is 208 g/mol. The van der Waals surface area contributed by atoms with Crippen molar-refractivity contribution in [2.75, 3.05) is 0 Å². The number of nitrogens with two attached hydrogens (primary N) is 1. The van der Waals surface area contributed by atoms with Crippen LogP contribution in [0.2, 0.25) is 0 Å². The van der Waals surface area contributed by atoms with Crippen LogP contribution in [0.15, 0.2) is 60.7 Å². The first kappa shape index (κ1) is 11.4. The van der Waals surface area contributed by atoms with Gasteiger partial charge in [0.2, 0.25) is 0 Å². The Morgan fingerprint density at radius 3 is 2.53 bits per heavy atom. The molecule has 1 aliphatic carbocycles. The molecule has 0 heterocycles. The van der Waals surface area contributed by atoms with Crippen molar-refractivity contribution in [1.82, 2.24) is 0 Å². The average molecular weight is 224 g/mol. The highest BCUT2D eigenvalue weighted by Crippen LogP contribution is 2.21. The first-order chi connectivity index (χ1) is 8.27. The van der Waals surface area contributed by atoms with Crippen LogP contribution in [0.5, 0.6) is 0 Å². The van der Waals surface area contributed by atoms with E-state index in [1.807, 2.05) is 36.4 Å². The largest absolute Gasteiger partial charge is 0.387 e. The highest BCUT2D eigenvalue weighted by atomic mass is 14.7. The van der Waals surface area contributed by atoms with Gasteiger partial charge in [-0.1, -0.05) is 66.8 Å². The van der Waals surface area contributed by atoms with Crippen molar-refractivity contribution in [3.05, 3.63) is 66.3 Å². The predicted octanol–water partition coefficient (Wildman–Crippen LogP) is 2.99. The summed E-state index contributed by atoms with van der Waals surface area (Å²) in [5, 5.41) is 7.56. The zero-order valence-electron chi connectivity index (χ0n) is 9.58. The van der Waals surface area contributed by atoms with E-state index in [9.17, 15) is 0 Å². The molecule has 2 atom stereocenters. The molecule has 2 unspecified atom stereocenters. The number of amidine groups is 1. The second kappa shape index (κ2) is 5.30. The van der Waals surface area contributed by atoms with Crippen LogP contribution in [0.4, 0.5) is 0 Å². The molecule has 3 N–H and O–H groups in total. The quantitative estimate of drug-likeness (QED) is 0.602. The molecule has 0 bridgehead atoms. The minimum absolute atomic E-state index is 0.0139. The summed E-state index contributed by atoms with van der Waals surface area (Å²) >= 11 is 0. The van der Waals surface area contributed by atoms with Gasteiger partial charge < -0.3 is 5.73 Å². The molecule has 0 fully saturated rings. The van der Waals surface area contributed by atoms with E-state index in [0.29, 0.717) is 0 Å². The van der Waals surface area contributed by atoms with Crippen LogP contribution in [0.25, 0.3) is 6.08 Å². The van der Waals surface area contributed by atoms with Crippen molar-refractivity contribution < 1.29 is 0 Å². The molecule has 2 rings (SSSR count). The van der Waals surface area contributed by atoms with Gasteiger partial charge in [-0.15, -0.1) is 0 Å². The SMILES string of the molecule is N=C(N)C1C=CC=CC1C=Cc1ccccc1. The number of nitrogens with one attached hydrogen (secondary N) is 1. The zero-order chi connectivity index (χ0) is 12.1. The number of rotatable bonds is 3. The Kier molecular flexibility index (Phi) is 3.55. The maximum atomic E-state index is 7.56. The molecule has 0 saturated carbocycles. The van der Waals surface area contributed by atoms with E-state index in [1.54, 1.807) is 0 Å². The summed E-state index contributed by atoms with van der Waals surface area (Å²) < 4.78 is 0. The van der Waals surface area contributed by atoms with Crippen molar-refractivity contribution in [3.63, 3.8) is 0 Å². The number of hydrogen-bond acceptors (Lipinski definition) is 1. The molecule has 1 aliphatic rings. The third-order valence-corrected chi connectivity index (χ3v) is 2.85. The summed E-state index contributed by atoms with van der Waals surface area (Å²) in [6, 6.07) is 10.1. The lowest BCUT2D eigenvalue weighted by Gasteiger charge is -2.19. The maximum absolute atomic E-state index is 7.56. The third kappa shape index (κ3) is 2.94. The number of hydrogen-bond donors (Lipinski definition) is 2. The van der Waals surface area contributed by atoms with E-state index in [-0.39, 0.29) is 17.7 Å². The van der Waals surface area contributed by atoms with Gasteiger partial charge in [-0.25, -0.2) is 0 Å². The average Bonchev–Trinajstić information content (AvgIpc) is 2.38. The maximum Gasteiger partial charge on any atom is 0.0985 e. The standard InChI is InChI=1S/C15H16N2/c16-15(17)14-9-5-4-8-13(14)11-10-12-6-2-1-3-7-12/h1-11,13-14H,(H3,16,17). The van der Waals surface area contributed by atoms with Gasteiger partial charge in [0.05, 0.1) is 5.84 Å². The fourth-order valence-electron chi connectivity index (χ4n) is 1.91. The van der Waals surface area contributed by atoms with E-state index in [1.165, 1.54) is 0 Å². The van der Waals surface area contributed by atoms with Crippen LogP contribution < -0.4 is 5.73 Å². The molecular formula is C15H16N2. The van der Waals surface area contributed by atoms with Gasteiger partial charge in [0.1, 0.15) is 0 Å². The van der Waals surface area contributed by atoms with Crippen molar-refractivity contribution in [3.8, 4) is 0 Å². The normalized spacial score (nSPS) is 23.1. The van der Waals surface area contributed by atoms with Gasteiger partial charge in [0, 0.05) is 11.8 Å². The third-order valence-electron chi connectivity index (χ3n) is 2.85. The van der Waals surface area contributed by atoms with Gasteiger partial charge in [-0.3, -0.25) is 5.41 Å². The Labute approximate surface area is 102 Å². The monoisotopic (exact) mass is 224 g/mol. The smallest absolute Gasteiger partial charge is 0.0985 e. The van der Waals surface area contributed by atoms with Gasteiger partial charge in [-0.2, -0.15) is 0 Å². The molecule has 0 aromatic heterocycles. The second-order valence-electron chi connectivity index (χ2n) is 4.10. The fraction of sp³-hybridized carbons (Fsp3) is 0.133. The minimum Gasteiger partial charge on any atom is -0.387 e. The Morgan fingerprint density at radius 2 is 1.82 bits per heavy atom. The minimum atomic E-state index is -0.0139. The van der Waals surface area contributed by atoms with Crippen LogP contribution in [0.1, 0.15) is 5.56 Å². The van der Waals surface area contributed by atoms with Crippen LogP contribution >= 0.6 is 0 Å². The van der Waals surface area contributed by atoms with E-state index in [4.69, 9.17) is 11.1 Å². The number of allylic oxidation sites excluding steroid dienone is 4. The van der Waals surface area contributed by atoms with Gasteiger partial charge in [0.15, 0.2) is 0 Å². The van der Waals surface area contributed by atoms with Crippen LogP contribution in [0, 0.1) is 17.2 Å². The fourth-order valence-corrected chi connectivity index (χ4v) is 1.91. The molecule has 2 heteroatoms. The van der Waals surface area contributed by atoms with Gasteiger partial charge in [-0.05, 0) is 5.56 Å². The van der Waals surface area contributed by atoms with Crippen molar-refractivity contribution >= 4 is 11.9 Å². The van der Waals surface area contributed by atoms with E-state index < -0.39 is 0 Å². The predicted molar refractivity (Wildman–Crippen MR) is 72.7 cm³/mol. The summed E-state index contributed by atoms with van der Waals surface area (Å²) in [6.07, 6.45) is 12.2. The lowest BCUT2D eigenvalue weighted by molar-refractivity contribution is 0.696. The molecule has 17 heavy (non-hydrogen) atoms. The van der Waals surface area contributed by atoms with E-state index >= 15 is 0 Å². The highest BCUT2D eigenvalue weighted by molar-refractivity contribution is 5.82. The number of benzene rings is 1. The molecule has 1 aromatic carbocycles. The Hall–Kier alpha value is -2.09. The topological polar surface area (TPSA) is 49.9 Å². The van der Waals surface area contributed by atoms with Crippen LogP contribution in [-0.2, 0) is 0 Å². The van der Waals surface area contributed by atoms with Gasteiger partial charge in [0.25, 0.3) is 0 Å². The lowest BCUT2D eigenvalue weighted by atomic mass is 9.87. The first-order valence-electron chi connectivity index (χ1n) is 5.69. The Bertz CT molecular complexity index is 469. The Balaban J connectivity index is 2.12. The summed E-state index contributed by atoms with van der Waals surface area (Å²) in [7, 11) is 0. The molecule has 86 valence electrons. The molecule has 0 spiro atoms. The highest BCUT2D eigenvalue weighted by Gasteiger charge is 2.18. The molecule has 0 aliphatic heterocycles. The van der Waals surface area contributed by atoms with E-state index in [2.05, 4.69) is 30.4 Å². The van der Waals surface area contributed by atoms with Crippen LogP contribution in [0.3, 0.4) is 0 Å². The summed E-state index contributed by atoms with van der Waals surface area (Å²) in [6.45, 7) is 0. The van der Waals surface area contributed by atoms with Gasteiger partial charge >= 0.3 is 0 Å².